The van der Waals surface area contributed by atoms with Gasteiger partial charge in [-0.1, -0.05) is 6.07 Å². The van der Waals surface area contributed by atoms with Crippen molar-refractivity contribution in [2.45, 2.75) is 0 Å². The molecule has 0 saturated heterocycles. The molecule has 88 valence electrons. The van der Waals surface area contributed by atoms with Crippen molar-refractivity contribution in [1.82, 2.24) is 9.97 Å². The molecule has 2 aromatic rings. The Labute approximate surface area is 112 Å². The molecule has 1 N–H and O–H groups in total. The summed E-state index contributed by atoms with van der Waals surface area (Å²) in [5.74, 6) is 0. The van der Waals surface area contributed by atoms with Gasteiger partial charge < -0.3 is 14.1 Å². The van der Waals surface area contributed by atoms with Gasteiger partial charge in [0, 0.05) is 35.2 Å². The molecule has 2 heterocycles. The molecule has 2 aromatic heterocycles. The zero-order valence-corrected chi connectivity index (χ0v) is 12.7. The molecule has 0 atom stereocenters. The minimum atomic E-state index is -5.17. The normalized spacial score (nSPS) is 8.59. The van der Waals surface area contributed by atoms with E-state index in [1.807, 2.05) is 42.7 Å². The first-order valence-corrected chi connectivity index (χ1v) is 5.43. The summed E-state index contributed by atoms with van der Waals surface area (Å²) in [6, 6.07) is 9.60. The van der Waals surface area contributed by atoms with E-state index >= 15 is 0 Å². The van der Waals surface area contributed by atoms with Gasteiger partial charge in [-0.25, -0.2) is 0 Å². The Hall–Kier alpha value is -1.08. The molecule has 2 rings (SSSR count). The summed E-state index contributed by atoms with van der Waals surface area (Å²) < 4.78 is 34.1. The number of rotatable bonds is 0. The van der Waals surface area contributed by atoms with Crippen molar-refractivity contribution in [2.24, 2.45) is 0 Å². The van der Waals surface area contributed by atoms with Crippen LogP contribution < -0.4 is 0 Å². The van der Waals surface area contributed by atoms with E-state index in [4.69, 9.17) is 17.5 Å². The Kier molecular flexibility index (Phi) is 12.3. The van der Waals surface area contributed by atoms with Gasteiger partial charge >= 0.3 is 19.5 Å². The zero-order valence-electron chi connectivity index (χ0n) is 8.89. The predicted molar refractivity (Wildman–Crippen MR) is 55.5 cm³/mol. The molecule has 0 aliphatic carbocycles. The van der Waals surface area contributed by atoms with Crippen molar-refractivity contribution in [3.05, 3.63) is 55.1 Å². The average molecular weight is 308 g/mol. The number of hydrogen-bond acceptors (Lipinski definition) is 5. The van der Waals surface area contributed by atoms with Gasteiger partial charge in [0.1, 0.15) is 0 Å². The van der Waals surface area contributed by atoms with Crippen LogP contribution in [0.15, 0.2) is 55.1 Å². The van der Waals surface area contributed by atoms with E-state index in [0.29, 0.717) is 0 Å². The van der Waals surface area contributed by atoms with Crippen molar-refractivity contribution in [3.63, 3.8) is 0 Å². The summed E-state index contributed by atoms with van der Waals surface area (Å²) >= 11 is 0. The van der Waals surface area contributed by atoms with Gasteiger partial charge in [0.2, 0.25) is 0 Å². The number of pyridine rings is 1. The van der Waals surface area contributed by atoms with Gasteiger partial charge in [-0.05, 0) is 24.3 Å². The van der Waals surface area contributed by atoms with Crippen LogP contribution in [0.5, 0.6) is 0 Å². The smallest absolute Gasteiger partial charge is 0.759 e. The number of nitrogens with zero attached hydrogens (tertiary/aromatic N) is 1. The predicted octanol–water partition coefficient (Wildman–Crippen LogP) is 0.756. The molecule has 0 spiro atoms. The van der Waals surface area contributed by atoms with Crippen LogP contribution in [0.4, 0.5) is 0 Å². The molecule has 8 heteroatoms. The third kappa shape index (κ3) is 25.3. The summed E-state index contributed by atoms with van der Waals surface area (Å²) in [7, 11) is -5.17. The zero-order chi connectivity index (χ0) is 12.3. The molecule has 0 aliphatic heterocycles. The fourth-order valence-electron chi connectivity index (χ4n) is 0.590. The molecule has 6 nitrogen and oxygen atoms in total. The van der Waals surface area contributed by atoms with Crippen molar-refractivity contribution in [2.75, 3.05) is 0 Å². The van der Waals surface area contributed by atoms with Crippen LogP contribution in [-0.4, -0.2) is 27.5 Å². The van der Waals surface area contributed by atoms with E-state index in [-0.39, 0.29) is 19.5 Å². The molecule has 0 radical (unpaired) electrons. The number of H-pyrrole nitrogens is 1. The molecule has 0 aromatic carbocycles. The van der Waals surface area contributed by atoms with E-state index in [0.717, 1.165) is 0 Å². The monoisotopic (exact) mass is 306 g/mol. The number of hydrogen-bond donors (Lipinski definition) is 1. The molecule has 0 fully saturated rings. The maximum Gasteiger partial charge on any atom is 2.00 e. The van der Waals surface area contributed by atoms with Gasteiger partial charge in [0.25, 0.3) is 0 Å². The Morgan fingerprint density at radius 1 is 0.882 bits per heavy atom. The summed E-state index contributed by atoms with van der Waals surface area (Å²) in [4.78, 5) is 6.65. The minimum Gasteiger partial charge on any atom is -0.759 e. The minimum absolute atomic E-state index is 0. The van der Waals surface area contributed by atoms with E-state index in [2.05, 4.69) is 9.97 Å². The van der Waals surface area contributed by atoms with Crippen LogP contribution in [0.3, 0.4) is 0 Å². The number of aromatic amines is 1. The standard InChI is InChI=1S/C5H5N.C4H5N.H2O4S.Zn/c1-2-4-6-5-3-1;1-2-4-5-3-1;1-5(2,3)4;/h1-5H;1-5H;(H2,1,2,3,4);/q;;;+2/p-2. The first kappa shape index (κ1) is 18.3. The molecule has 17 heavy (non-hydrogen) atoms. The van der Waals surface area contributed by atoms with Gasteiger partial charge in [0.15, 0.2) is 0 Å². The van der Waals surface area contributed by atoms with Crippen LogP contribution in [0.1, 0.15) is 0 Å². The quantitative estimate of drug-likeness (QED) is 0.439. The second kappa shape index (κ2) is 11.4. The summed E-state index contributed by atoms with van der Waals surface area (Å²) in [6.45, 7) is 0. The molecule has 0 aliphatic rings. The van der Waals surface area contributed by atoms with Crippen molar-refractivity contribution >= 4 is 10.4 Å². The molecular formula is C9H10N2O4SZn. The largest absolute Gasteiger partial charge is 2.00 e. The Bertz CT molecular complexity index is 381. The van der Waals surface area contributed by atoms with Crippen LogP contribution in [0.25, 0.3) is 0 Å². The molecular weight excluding hydrogens is 298 g/mol. The van der Waals surface area contributed by atoms with Gasteiger partial charge in [-0.2, -0.15) is 0 Å². The van der Waals surface area contributed by atoms with E-state index < -0.39 is 10.4 Å². The molecule has 0 bridgehead atoms. The van der Waals surface area contributed by atoms with Gasteiger partial charge in [-0.3, -0.25) is 13.4 Å². The Morgan fingerprint density at radius 2 is 1.29 bits per heavy atom. The maximum atomic E-state index is 8.52. The van der Waals surface area contributed by atoms with Crippen LogP contribution in [0, 0.1) is 0 Å². The van der Waals surface area contributed by atoms with Gasteiger partial charge in [0.05, 0.1) is 0 Å². The van der Waals surface area contributed by atoms with E-state index in [9.17, 15) is 0 Å². The second-order valence-electron chi connectivity index (χ2n) is 2.32. The van der Waals surface area contributed by atoms with Crippen LogP contribution in [-0.2, 0) is 29.9 Å². The first-order chi connectivity index (χ1) is 7.50. The topological polar surface area (TPSA) is 109 Å². The SMILES string of the molecule is O=S(=O)([O-])[O-].[Zn+2].c1cc[nH]c1.c1ccncc1. The second-order valence-corrected chi connectivity index (χ2v) is 3.13. The first-order valence-electron chi connectivity index (χ1n) is 4.09. The molecule has 0 unspecified atom stereocenters. The Morgan fingerprint density at radius 3 is 1.41 bits per heavy atom. The van der Waals surface area contributed by atoms with E-state index in [1.165, 1.54) is 0 Å². The fourth-order valence-corrected chi connectivity index (χ4v) is 0.590. The van der Waals surface area contributed by atoms with Gasteiger partial charge in [-0.15, -0.1) is 0 Å². The van der Waals surface area contributed by atoms with Crippen LogP contribution in [0.2, 0.25) is 0 Å². The van der Waals surface area contributed by atoms with Crippen molar-refractivity contribution in [1.29, 1.82) is 0 Å². The maximum absolute atomic E-state index is 8.52. The molecule has 0 saturated carbocycles. The van der Waals surface area contributed by atoms with E-state index in [1.54, 1.807) is 12.4 Å². The Balaban J connectivity index is 0. The summed E-state index contributed by atoms with van der Waals surface area (Å²) in [5, 5.41) is 0. The number of aromatic nitrogens is 2. The third-order valence-electron chi connectivity index (χ3n) is 1.06. The fraction of sp³-hybridized carbons (Fsp3) is 0. The third-order valence-corrected chi connectivity index (χ3v) is 1.06. The summed E-state index contributed by atoms with van der Waals surface area (Å²) in [6.07, 6.45) is 7.25. The summed E-state index contributed by atoms with van der Waals surface area (Å²) in [5.41, 5.74) is 0. The molecule has 0 amide bonds. The van der Waals surface area contributed by atoms with Crippen molar-refractivity contribution < 1.29 is 37.0 Å². The van der Waals surface area contributed by atoms with Crippen LogP contribution >= 0.6 is 0 Å². The van der Waals surface area contributed by atoms with Crippen molar-refractivity contribution in [3.8, 4) is 0 Å². The average Bonchev–Trinajstić information content (AvgIpc) is 2.75. The number of nitrogens with one attached hydrogen (secondary N) is 1.